The van der Waals surface area contributed by atoms with E-state index >= 15 is 0 Å². The van der Waals surface area contributed by atoms with Crippen LogP contribution in [-0.4, -0.2) is 12.6 Å². The van der Waals surface area contributed by atoms with Crippen LogP contribution in [0.5, 0.6) is 0 Å². The molecule has 0 aliphatic heterocycles. The summed E-state index contributed by atoms with van der Waals surface area (Å²) in [5.41, 5.74) is -0.643. The average molecular weight is 272 g/mol. The van der Waals surface area contributed by atoms with Crippen molar-refractivity contribution in [2.24, 2.45) is 16.7 Å². The molecule has 0 saturated carbocycles. The van der Waals surface area contributed by atoms with Crippen LogP contribution in [0.1, 0.15) is 74.1 Å². The summed E-state index contributed by atoms with van der Waals surface area (Å²) >= 11 is 0. The second-order valence-corrected chi connectivity index (χ2v) is 6.26. The van der Waals surface area contributed by atoms with Crippen LogP contribution >= 0.6 is 0 Å². The van der Waals surface area contributed by atoms with E-state index in [2.05, 4.69) is 34.6 Å². The van der Waals surface area contributed by atoms with Crippen molar-refractivity contribution in [2.45, 2.75) is 74.1 Å². The third-order valence-electron chi connectivity index (χ3n) is 5.14. The van der Waals surface area contributed by atoms with Crippen molar-refractivity contribution in [3.05, 3.63) is 0 Å². The predicted octanol–water partition coefficient (Wildman–Crippen LogP) is 4.75. The molecular formula is C16H32O3. The highest BCUT2D eigenvalue weighted by atomic mass is 17.2. The molecule has 0 aliphatic carbocycles. The minimum atomic E-state index is -0.519. The largest absolute Gasteiger partial charge is 0.348 e. The van der Waals surface area contributed by atoms with Crippen molar-refractivity contribution in [3.8, 4) is 0 Å². The number of rotatable bonds is 9. The first-order valence-corrected chi connectivity index (χ1v) is 7.61. The summed E-state index contributed by atoms with van der Waals surface area (Å²) in [6.07, 6.45) is 3.73. The molecule has 0 N–H and O–H groups in total. The summed E-state index contributed by atoms with van der Waals surface area (Å²) < 4.78 is 0. The zero-order valence-electron chi connectivity index (χ0n) is 13.8. The maximum atomic E-state index is 12.4. The Morgan fingerprint density at radius 2 is 1.74 bits per heavy atom. The Labute approximate surface area is 119 Å². The SMILES string of the molecule is CCCCOOC(=O)C(C)(CC)C(C)(C)C(C)CC. The van der Waals surface area contributed by atoms with Crippen molar-refractivity contribution in [3.63, 3.8) is 0 Å². The van der Waals surface area contributed by atoms with Gasteiger partial charge in [-0.25, -0.2) is 4.79 Å². The molecule has 2 unspecified atom stereocenters. The highest BCUT2D eigenvalue weighted by Crippen LogP contribution is 2.48. The van der Waals surface area contributed by atoms with Gasteiger partial charge in [0.25, 0.3) is 0 Å². The molecule has 0 rings (SSSR count). The molecule has 19 heavy (non-hydrogen) atoms. The number of carbonyl (C=O) groups excluding carboxylic acids is 1. The molecule has 0 heterocycles. The van der Waals surface area contributed by atoms with Gasteiger partial charge < -0.3 is 0 Å². The first-order chi connectivity index (χ1) is 8.77. The Balaban J connectivity index is 4.79. The fourth-order valence-electron chi connectivity index (χ4n) is 2.31. The van der Waals surface area contributed by atoms with Crippen LogP contribution in [0.15, 0.2) is 0 Å². The molecule has 0 aromatic carbocycles. The van der Waals surface area contributed by atoms with Crippen molar-refractivity contribution < 1.29 is 14.6 Å². The van der Waals surface area contributed by atoms with Crippen molar-refractivity contribution >= 4 is 5.97 Å². The highest BCUT2D eigenvalue weighted by molar-refractivity contribution is 5.76. The molecule has 2 atom stereocenters. The normalized spacial score (nSPS) is 16.8. The van der Waals surface area contributed by atoms with Gasteiger partial charge in [0.1, 0.15) is 0 Å². The van der Waals surface area contributed by atoms with Crippen molar-refractivity contribution in [1.82, 2.24) is 0 Å². The van der Waals surface area contributed by atoms with Crippen LogP contribution in [0.4, 0.5) is 0 Å². The van der Waals surface area contributed by atoms with Crippen LogP contribution < -0.4 is 0 Å². The first-order valence-electron chi connectivity index (χ1n) is 7.61. The van der Waals surface area contributed by atoms with Gasteiger partial charge in [-0.3, -0.25) is 4.89 Å². The molecule has 0 fully saturated rings. The maximum absolute atomic E-state index is 12.4. The standard InChI is InChI=1S/C16H32O3/c1-8-11-12-18-19-14(17)16(7,10-3)15(5,6)13(4)9-2/h13H,8-12H2,1-7H3. The van der Waals surface area contributed by atoms with Gasteiger partial charge in [-0.1, -0.05) is 54.4 Å². The lowest BCUT2D eigenvalue weighted by Crippen LogP contribution is -2.46. The predicted molar refractivity (Wildman–Crippen MR) is 78.6 cm³/mol. The van der Waals surface area contributed by atoms with E-state index in [-0.39, 0.29) is 11.4 Å². The van der Waals surface area contributed by atoms with Crippen LogP contribution in [-0.2, 0) is 14.6 Å². The minimum absolute atomic E-state index is 0.123. The Kier molecular flexibility index (Phi) is 7.65. The lowest BCUT2D eigenvalue weighted by molar-refractivity contribution is -0.286. The van der Waals surface area contributed by atoms with Gasteiger partial charge in [0.2, 0.25) is 0 Å². The molecule has 0 aromatic rings. The summed E-state index contributed by atoms with van der Waals surface area (Å²) in [7, 11) is 0. The smallest absolute Gasteiger partial charge is 0.298 e. The summed E-state index contributed by atoms with van der Waals surface area (Å²) in [6.45, 7) is 15.2. The number of unbranched alkanes of at least 4 members (excludes halogenated alkanes) is 1. The van der Waals surface area contributed by atoms with Gasteiger partial charge in [0.15, 0.2) is 0 Å². The molecule has 0 aliphatic rings. The van der Waals surface area contributed by atoms with Crippen LogP contribution in [0.25, 0.3) is 0 Å². The van der Waals surface area contributed by atoms with E-state index in [9.17, 15) is 4.79 Å². The topological polar surface area (TPSA) is 35.5 Å². The molecule has 3 nitrogen and oxygen atoms in total. The Hall–Kier alpha value is -0.570. The fraction of sp³-hybridized carbons (Fsp3) is 0.938. The van der Waals surface area contributed by atoms with E-state index < -0.39 is 5.41 Å². The van der Waals surface area contributed by atoms with Gasteiger partial charge in [-0.15, -0.1) is 0 Å². The maximum Gasteiger partial charge on any atom is 0.348 e. The van der Waals surface area contributed by atoms with Crippen LogP contribution in [0.3, 0.4) is 0 Å². The number of hydrogen-bond donors (Lipinski definition) is 0. The fourth-order valence-corrected chi connectivity index (χ4v) is 2.31. The van der Waals surface area contributed by atoms with Gasteiger partial charge in [0.05, 0.1) is 12.0 Å². The van der Waals surface area contributed by atoms with E-state index in [1.807, 2.05) is 13.8 Å². The Morgan fingerprint density at radius 3 is 2.16 bits per heavy atom. The molecule has 0 saturated heterocycles. The lowest BCUT2D eigenvalue weighted by atomic mass is 9.59. The second-order valence-electron chi connectivity index (χ2n) is 6.26. The second kappa shape index (κ2) is 7.88. The lowest BCUT2D eigenvalue weighted by Gasteiger charge is -2.45. The van der Waals surface area contributed by atoms with Gasteiger partial charge in [-0.05, 0) is 31.1 Å². The van der Waals surface area contributed by atoms with Crippen molar-refractivity contribution in [2.75, 3.05) is 6.61 Å². The monoisotopic (exact) mass is 272 g/mol. The molecule has 114 valence electrons. The first kappa shape index (κ1) is 18.4. The highest BCUT2D eigenvalue weighted by Gasteiger charge is 2.49. The van der Waals surface area contributed by atoms with Crippen molar-refractivity contribution in [1.29, 1.82) is 0 Å². The zero-order chi connectivity index (χ0) is 15.1. The van der Waals surface area contributed by atoms with Gasteiger partial charge in [-0.2, -0.15) is 4.89 Å². The van der Waals surface area contributed by atoms with E-state index in [0.29, 0.717) is 12.5 Å². The molecule has 0 amide bonds. The zero-order valence-corrected chi connectivity index (χ0v) is 13.8. The summed E-state index contributed by atoms with van der Waals surface area (Å²) in [5, 5.41) is 0. The third-order valence-corrected chi connectivity index (χ3v) is 5.14. The van der Waals surface area contributed by atoms with Gasteiger partial charge >= 0.3 is 5.97 Å². The van der Waals surface area contributed by atoms with Gasteiger partial charge in [0, 0.05) is 0 Å². The molecule has 3 heteroatoms. The number of hydrogen-bond acceptors (Lipinski definition) is 3. The van der Waals surface area contributed by atoms with E-state index in [1.54, 1.807) is 0 Å². The Bertz CT molecular complexity index is 273. The number of carbonyl (C=O) groups is 1. The summed E-state index contributed by atoms with van der Waals surface area (Å²) in [5.74, 6) is 0.206. The summed E-state index contributed by atoms with van der Waals surface area (Å²) in [6, 6.07) is 0. The van der Waals surface area contributed by atoms with E-state index in [1.165, 1.54) is 0 Å². The Morgan fingerprint density at radius 1 is 1.16 bits per heavy atom. The molecular weight excluding hydrogens is 240 g/mol. The van der Waals surface area contributed by atoms with E-state index in [4.69, 9.17) is 9.78 Å². The van der Waals surface area contributed by atoms with Crippen LogP contribution in [0, 0.1) is 16.7 Å². The van der Waals surface area contributed by atoms with E-state index in [0.717, 1.165) is 25.7 Å². The molecule has 0 bridgehead atoms. The average Bonchev–Trinajstić information content (AvgIpc) is 2.40. The summed E-state index contributed by atoms with van der Waals surface area (Å²) in [4.78, 5) is 22.5. The molecule has 0 radical (unpaired) electrons. The quantitative estimate of drug-likeness (QED) is 0.345. The molecule has 0 spiro atoms. The van der Waals surface area contributed by atoms with Crippen LogP contribution in [0.2, 0.25) is 0 Å². The molecule has 0 aromatic heterocycles. The third kappa shape index (κ3) is 4.20. The minimum Gasteiger partial charge on any atom is -0.298 e.